The molecule has 2 heterocycles. The number of cyclic esters (lactones) is 2. The van der Waals surface area contributed by atoms with E-state index in [4.69, 9.17) is 15.2 Å². The van der Waals surface area contributed by atoms with Crippen molar-refractivity contribution in [2.75, 3.05) is 0 Å². The van der Waals surface area contributed by atoms with Gasteiger partial charge in [0.1, 0.15) is 24.3 Å². The zero-order valence-corrected chi connectivity index (χ0v) is 19.3. The summed E-state index contributed by atoms with van der Waals surface area (Å²) in [5, 5.41) is 0. The molecule has 6 heteroatoms. The Morgan fingerprint density at radius 1 is 0.714 bits per heavy atom. The molecule has 0 amide bonds. The molecule has 198 valence electrons. The SMILES string of the molecule is C.C.C.CC1OC(=O)C(N(Cc2ccccc2)Cc2ccccc2)C1C.CC1OC(=O)C(N)C1C.[2HH]. The second-order valence-electron chi connectivity index (χ2n) is 8.85. The highest BCUT2D eigenvalue weighted by atomic mass is 16.6. The molecule has 2 aliphatic heterocycles. The average molecular weight is 490 g/mol. The van der Waals surface area contributed by atoms with Crippen LogP contribution in [0.1, 0.15) is 62.5 Å². The van der Waals surface area contributed by atoms with Gasteiger partial charge in [0, 0.05) is 26.4 Å². The van der Waals surface area contributed by atoms with Crippen LogP contribution >= 0.6 is 0 Å². The van der Waals surface area contributed by atoms with Gasteiger partial charge in [-0.1, -0.05) is 96.8 Å². The maximum atomic E-state index is 12.4. The molecule has 2 aromatic carbocycles. The summed E-state index contributed by atoms with van der Waals surface area (Å²) in [5.41, 5.74) is 7.86. The Morgan fingerprint density at radius 3 is 1.40 bits per heavy atom. The van der Waals surface area contributed by atoms with Crippen molar-refractivity contribution in [1.29, 1.82) is 0 Å². The van der Waals surface area contributed by atoms with Crippen LogP contribution in [0.5, 0.6) is 0 Å². The molecule has 4 rings (SSSR count). The molecule has 0 saturated carbocycles. The lowest BCUT2D eigenvalue weighted by atomic mass is 9.97. The van der Waals surface area contributed by atoms with E-state index in [0.29, 0.717) is 0 Å². The van der Waals surface area contributed by atoms with Crippen molar-refractivity contribution >= 4 is 11.9 Å². The summed E-state index contributed by atoms with van der Waals surface area (Å²) in [4.78, 5) is 25.2. The highest BCUT2D eigenvalue weighted by Gasteiger charge is 2.43. The molecule has 2 fully saturated rings. The third-order valence-electron chi connectivity index (χ3n) is 6.51. The maximum absolute atomic E-state index is 12.4. The van der Waals surface area contributed by atoms with E-state index in [2.05, 4.69) is 36.1 Å². The van der Waals surface area contributed by atoms with Crippen molar-refractivity contribution in [2.24, 2.45) is 17.6 Å². The molecular weight excluding hydrogens is 440 g/mol. The molecule has 6 atom stereocenters. The van der Waals surface area contributed by atoms with E-state index in [-0.39, 0.29) is 65.7 Å². The average Bonchev–Trinajstić information content (AvgIpc) is 3.17. The van der Waals surface area contributed by atoms with Gasteiger partial charge in [0.25, 0.3) is 0 Å². The lowest BCUT2D eigenvalue weighted by Crippen LogP contribution is -2.41. The van der Waals surface area contributed by atoms with Gasteiger partial charge in [-0.05, 0) is 25.0 Å². The molecule has 35 heavy (non-hydrogen) atoms. The summed E-state index contributed by atoms with van der Waals surface area (Å²) in [6, 6.07) is 20.0. The number of esters is 2. The Bertz CT molecular complexity index is 855. The molecular formula is C29H48N2O4. The van der Waals surface area contributed by atoms with Crippen LogP contribution in [-0.4, -0.2) is 41.1 Å². The van der Waals surface area contributed by atoms with Gasteiger partial charge in [-0.2, -0.15) is 0 Å². The normalized spacial score (nSPS) is 26.8. The second kappa shape index (κ2) is 14.6. The van der Waals surface area contributed by atoms with Gasteiger partial charge < -0.3 is 15.2 Å². The molecule has 0 radical (unpaired) electrons. The number of hydrogen-bond acceptors (Lipinski definition) is 6. The Labute approximate surface area is 214 Å². The number of ether oxygens (including phenoxy) is 2. The monoisotopic (exact) mass is 489 g/mol. The maximum Gasteiger partial charge on any atom is 0.324 e. The first-order chi connectivity index (χ1) is 15.3. The molecule has 6 unspecified atom stereocenters. The van der Waals surface area contributed by atoms with Crippen LogP contribution in [0.25, 0.3) is 0 Å². The summed E-state index contributed by atoms with van der Waals surface area (Å²) in [6.07, 6.45) is -0.0333. The zero-order chi connectivity index (χ0) is 23.3. The first-order valence-corrected chi connectivity index (χ1v) is 11.3. The Kier molecular flexibility index (Phi) is 13.5. The number of hydrogen-bond donors (Lipinski definition) is 1. The Balaban J connectivity index is 0. The van der Waals surface area contributed by atoms with Gasteiger partial charge >= 0.3 is 11.9 Å². The second-order valence-corrected chi connectivity index (χ2v) is 8.85. The molecule has 0 bridgehead atoms. The van der Waals surface area contributed by atoms with Crippen molar-refractivity contribution in [1.82, 2.24) is 4.90 Å². The van der Waals surface area contributed by atoms with Gasteiger partial charge in [0.15, 0.2) is 0 Å². The molecule has 0 aromatic heterocycles. The third kappa shape index (κ3) is 8.18. The fourth-order valence-corrected chi connectivity index (χ4v) is 4.08. The quantitative estimate of drug-likeness (QED) is 0.544. The van der Waals surface area contributed by atoms with Crippen LogP contribution in [0.4, 0.5) is 0 Å². The molecule has 2 aliphatic rings. The summed E-state index contributed by atoms with van der Waals surface area (Å²) in [7, 11) is 0. The molecule has 6 nitrogen and oxygen atoms in total. The lowest BCUT2D eigenvalue weighted by Gasteiger charge is -2.29. The number of rotatable bonds is 5. The number of carbonyl (C=O) groups excluding carboxylic acids is 2. The van der Waals surface area contributed by atoms with E-state index < -0.39 is 6.04 Å². The number of carbonyl (C=O) groups is 2. The fourth-order valence-electron chi connectivity index (χ4n) is 4.08. The number of nitrogens with zero attached hydrogens (tertiary/aromatic N) is 1. The van der Waals surface area contributed by atoms with Crippen LogP contribution in [0.3, 0.4) is 0 Å². The predicted molar refractivity (Wildman–Crippen MR) is 146 cm³/mol. The van der Waals surface area contributed by atoms with Gasteiger partial charge in [-0.3, -0.25) is 14.5 Å². The first kappa shape index (κ1) is 32.3. The molecule has 2 saturated heterocycles. The minimum absolute atomic E-state index is 0. The van der Waals surface area contributed by atoms with Crippen LogP contribution in [0.15, 0.2) is 60.7 Å². The zero-order valence-electron chi connectivity index (χ0n) is 19.3. The van der Waals surface area contributed by atoms with Crippen LogP contribution in [-0.2, 0) is 32.2 Å². The molecule has 0 spiro atoms. The molecule has 2 N–H and O–H groups in total. The van der Waals surface area contributed by atoms with E-state index in [0.717, 1.165) is 13.1 Å². The van der Waals surface area contributed by atoms with Crippen molar-refractivity contribution in [3.05, 3.63) is 71.8 Å². The fraction of sp³-hybridized carbons (Fsp3) is 0.517. The van der Waals surface area contributed by atoms with E-state index in [9.17, 15) is 9.59 Å². The summed E-state index contributed by atoms with van der Waals surface area (Å²) >= 11 is 0. The standard InChI is InChI=1S/C20H23NO2.C6H11NO2.3CH4.H2/c1-15-16(2)23-20(22)19(15)21(13-17-9-5-3-6-10-17)14-18-11-7-4-8-12-18;1-3-4(2)9-6(8)5(3)7;;;;/h3-12,15-16,19H,13-14H2,1-2H3;3-5H,7H2,1-2H3;3*1H4;1H/i;;;;;1+1. The summed E-state index contributed by atoms with van der Waals surface area (Å²) in [5.74, 6) is -0.0145. The highest BCUT2D eigenvalue weighted by Crippen LogP contribution is 2.29. The van der Waals surface area contributed by atoms with E-state index in [1.807, 2.05) is 57.2 Å². The molecule has 0 aliphatic carbocycles. The van der Waals surface area contributed by atoms with Crippen LogP contribution in [0, 0.1) is 11.8 Å². The smallest absolute Gasteiger partial charge is 0.324 e. The van der Waals surface area contributed by atoms with Crippen molar-refractivity contribution < 1.29 is 20.5 Å². The van der Waals surface area contributed by atoms with Crippen molar-refractivity contribution in [2.45, 2.75) is 87.4 Å². The van der Waals surface area contributed by atoms with Crippen LogP contribution < -0.4 is 5.73 Å². The minimum Gasteiger partial charge on any atom is -0.461 e. The Hall–Kier alpha value is -2.70. The summed E-state index contributed by atoms with van der Waals surface area (Å²) in [6.45, 7) is 9.34. The predicted octanol–water partition coefficient (Wildman–Crippen LogP) is 5.69. The number of benzene rings is 2. The van der Waals surface area contributed by atoms with E-state index in [1.54, 1.807) is 0 Å². The minimum atomic E-state index is -0.403. The topological polar surface area (TPSA) is 81.9 Å². The molecule has 2 aromatic rings. The third-order valence-corrected chi connectivity index (χ3v) is 6.51. The number of nitrogens with two attached hydrogens (primary N) is 1. The highest BCUT2D eigenvalue weighted by molar-refractivity contribution is 5.78. The van der Waals surface area contributed by atoms with Crippen LogP contribution in [0.2, 0.25) is 0 Å². The lowest BCUT2D eigenvalue weighted by molar-refractivity contribution is -0.145. The van der Waals surface area contributed by atoms with Crippen molar-refractivity contribution in [3.63, 3.8) is 0 Å². The van der Waals surface area contributed by atoms with E-state index in [1.165, 1.54) is 11.1 Å². The van der Waals surface area contributed by atoms with Crippen molar-refractivity contribution in [3.8, 4) is 0 Å². The largest absolute Gasteiger partial charge is 0.461 e. The van der Waals surface area contributed by atoms with Gasteiger partial charge in [-0.25, -0.2) is 0 Å². The van der Waals surface area contributed by atoms with E-state index >= 15 is 0 Å². The first-order valence-electron chi connectivity index (χ1n) is 11.3. The van der Waals surface area contributed by atoms with Gasteiger partial charge in [-0.15, -0.1) is 0 Å². The summed E-state index contributed by atoms with van der Waals surface area (Å²) < 4.78 is 10.3. The Morgan fingerprint density at radius 2 is 1.11 bits per heavy atom. The van der Waals surface area contributed by atoms with Gasteiger partial charge in [0.2, 0.25) is 0 Å². The van der Waals surface area contributed by atoms with Gasteiger partial charge in [0.05, 0.1) is 0 Å².